The Morgan fingerprint density at radius 2 is 2.24 bits per heavy atom. The number of rotatable bonds is 4. The summed E-state index contributed by atoms with van der Waals surface area (Å²) in [6, 6.07) is 3.90. The molecule has 2 aliphatic rings. The van der Waals surface area contributed by atoms with Gasteiger partial charge in [0.2, 0.25) is 0 Å². The molecule has 132 valence electrons. The predicted octanol–water partition coefficient (Wildman–Crippen LogP) is 1.97. The molecular weight excluding hydrogens is 322 g/mol. The van der Waals surface area contributed by atoms with E-state index in [0.717, 1.165) is 18.4 Å². The van der Waals surface area contributed by atoms with Crippen LogP contribution in [0.2, 0.25) is 0 Å². The minimum atomic E-state index is -0.136. The largest absolute Gasteiger partial charge is 0.373 e. The Morgan fingerprint density at radius 3 is 3.00 bits per heavy atom. The first kappa shape index (κ1) is 16.2. The first-order chi connectivity index (χ1) is 12.2. The standard InChI is InChI=1S/C18H21N3O4/c1-12-14(9-20-25-12)18(22)21-10-16(17-15(21)3-2-8-23-17)24-11-13-4-6-19-7-5-13/h4-7,9,15-17H,2-3,8,10-11H2,1H3/t15-,16+,17+/m0/s1. The Balaban J connectivity index is 1.49. The molecule has 4 heterocycles. The average molecular weight is 343 g/mol. The number of carbonyl (C=O) groups is 1. The minimum absolute atomic E-state index is 0.0398. The second kappa shape index (κ2) is 6.93. The van der Waals surface area contributed by atoms with Gasteiger partial charge in [-0.15, -0.1) is 0 Å². The molecule has 0 aliphatic carbocycles. The number of ether oxygens (including phenoxy) is 2. The van der Waals surface area contributed by atoms with E-state index in [9.17, 15) is 4.79 Å². The number of fused-ring (bicyclic) bond motifs is 1. The molecule has 2 aromatic rings. The normalized spacial score (nSPS) is 25.8. The third kappa shape index (κ3) is 3.17. The van der Waals surface area contributed by atoms with E-state index in [0.29, 0.717) is 31.1 Å². The summed E-state index contributed by atoms with van der Waals surface area (Å²) in [5.74, 6) is 0.480. The number of likely N-dealkylation sites (tertiary alicyclic amines) is 1. The first-order valence-corrected chi connectivity index (χ1v) is 8.58. The van der Waals surface area contributed by atoms with Crippen molar-refractivity contribution in [2.24, 2.45) is 0 Å². The third-order valence-electron chi connectivity index (χ3n) is 4.93. The molecular formula is C18H21N3O4. The smallest absolute Gasteiger partial charge is 0.259 e. The highest BCUT2D eigenvalue weighted by Gasteiger charge is 2.47. The number of aromatic nitrogens is 2. The van der Waals surface area contributed by atoms with Crippen LogP contribution in [0.5, 0.6) is 0 Å². The van der Waals surface area contributed by atoms with Gasteiger partial charge in [0, 0.05) is 19.0 Å². The summed E-state index contributed by atoms with van der Waals surface area (Å²) in [5.41, 5.74) is 1.57. The van der Waals surface area contributed by atoms with Gasteiger partial charge in [-0.3, -0.25) is 9.78 Å². The number of carbonyl (C=O) groups excluding carboxylic acids is 1. The lowest BCUT2D eigenvalue weighted by Gasteiger charge is -2.32. The summed E-state index contributed by atoms with van der Waals surface area (Å²) < 4.78 is 17.1. The Hall–Kier alpha value is -2.25. The topological polar surface area (TPSA) is 77.7 Å². The van der Waals surface area contributed by atoms with Gasteiger partial charge in [0.25, 0.3) is 5.91 Å². The van der Waals surface area contributed by atoms with Gasteiger partial charge in [-0.25, -0.2) is 0 Å². The second-order valence-corrected chi connectivity index (χ2v) is 6.50. The van der Waals surface area contributed by atoms with Crippen LogP contribution in [0.4, 0.5) is 0 Å². The molecule has 0 aromatic carbocycles. The number of hydrogen-bond acceptors (Lipinski definition) is 6. The van der Waals surface area contributed by atoms with Crippen LogP contribution in [0.1, 0.15) is 34.5 Å². The molecule has 1 amide bonds. The van der Waals surface area contributed by atoms with Gasteiger partial charge in [-0.05, 0) is 37.5 Å². The maximum absolute atomic E-state index is 12.9. The zero-order chi connectivity index (χ0) is 17.2. The fourth-order valence-corrected chi connectivity index (χ4v) is 3.63. The molecule has 0 N–H and O–H groups in total. The van der Waals surface area contributed by atoms with Crippen LogP contribution >= 0.6 is 0 Å². The maximum atomic E-state index is 12.9. The van der Waals surface area contributed by atoms with Crippen LogP contribution in [0.25, 0.3) is 0 Å². The van der Waals surface area contributed by atoms with Gasteiger partial charge in [0.15, 0.2) is 0 Å². The monoisotopic (exact) mass is 343 g/mol. The van der Waals surface area contributed by atoms with Gasteiger partial charge in [0.1, 0.15) is 23.5 Å². The van der Waals surface area contributed by atoms with Crippen LogP contribution < -0.4 is 0 Å². The number of aryl methyl sites for hydroxylation is 1. The van der Waals surface area contributed by atoms with Crippen LogP contribution in [-0.4, -0.2) is 52.3 Å². The summed E-state index contributed by atoms with van der Waals surface area (Å²) in [6.45, 7) is 3.46. The van der Waals surface area contributed by atoms with E-state index in [2.05, 4.69) is 10.1 Å². The summed E-state index contributed by atoms with van der Waals surface area (Å²) in [4.78, 5) is 18.8. The van der Waals surface area contributed by atoms with E-state index < -0.39 is 0 Å². The van der Waals surface area contributed by atoms with Crippen molar-refractivity contribution in [3.8, 4) is 0 Å². The minimum Gasteiger partial charge on any atom is -0.373 e. The zero-order valence-electron chi connectivity index (χ0n) is 14.1. The number of pyridine rings is 1. The Kier molecular flexibility index (Phi) is 4.50. The maximum Gasteiger partial charge on any atom is 0.259 e. The van der Waals surface area contributed by atoms with Crippen LogP contribution in [0.15, 0.2) is 35.2 Å². The van der Waals surface area contributed by atoms with E-state index in [4.69, 9.17) is 14.0 Å². The Bertz CT molecular complexity index is 733. The van der Waals surface area contributed by atoms with Gasteiger partial charge in [-0.2, -0.15) is 0 Å². The van der Waals surface area contributed by atoms with Gasteiger partial charge in [0.05, 0.1) is 25.4 Å². The first-order valence-electron chi connectivity index (χ1n) is 8.58. The summed E-state index contributed by atoms with van der Waals surface area (Å²) in [5, 5.41) is 3.72. The Labute approximate surface area is 145 Å². The van der Waals surface area contributed by atoms with E-state index >= 15 is 0 Å². The molecule has 2 aromatic heterocycles. The lowest BCUT2D eigenvalue weighted by Crippen LogP contribution is -2.43. The lowest BCUT2D eigenvalue weighted by atomic mass is 10.0. The van der Waals surface area contributed by atoms with Crippen molar-refractivity contribution >= 4 is 5.91 Å². The van der Waals surface area contributed by atoms with Crippen molar-refractivity contribution in [1.82, 2.24) is 15.0 Å². The summed E-state index contributed by atoms with van der Waals surface area (Å²) in [6.07, 6.45) is 6.64. The van der Waals surface area contributed by atoms with Crippen LogP contribution in [0, 0.1) is 6.92 Å². The molecule has 2 fully saturated rings. The van der Waals surface area contributed by atoms with Gasteiger partial charge in [-0.1, -0.05) is 5.16 Å². The van der Waals surface area contributed by atoms with Crippen LogP contribution in [0.3, 0.4) is 0 Å². The molecule has 0 bridgehead atoms. The number of nitrogens with zero attached hydrogens (tertiary/aromatic N) is 3. The van der Waals surface area contributed by atoms with Crippen molar-refractivity contribution in [3.05, 3.63) is 47.6 Å². The molecule has 7 nitrogen and oxygen atoms in total. The molecule has 7 heteroatoms. The summed E-state index contributed by atoms with van der Waals surface area (Å²) >= 11 is 0. The number of amides is 1. The molecule has 0 spiro atoms. The molecule has 3 atom stereocenters. The van der Waals surface area contributed by atoms with Crippen molar-refractivity contribution in [1.29, 1.82) is 0 Å². The SMILES string of the molecule is Cc1oncc1C(=O)N1C[C@@H](OCc2ccncc2)[C@@H]2OCCC[C@@H]21. The molecule has 0 saturated carbocycles. The van der Waals surface area contributed by atoms with E-state index in [1.54, 1.807) is 19.3 Å². The van der Waals surface area contributed by atoms with Gasteiger partial charge < -0.3 is 18.9 Å². The van der Waals surface area contributed by atoms with Crippen molar-refractivity contribution in [3.63, 3.8) is 0 Å². The van der Waals surface area contributed by atoms with Crippen LogP contribution in [-0.2, 0) is 16.1 Å². The van der Waals surface area contributed by atoms with E-state index in [1.807, 2.05) is 17.0 Å². The highest BCUT2D eigenvalue weighted by Crippen LogP contribution is 2.32. The lowest BCUT2D eigenvalue weighted by molar-refractivity contribution is -0.0809. The molecule has 0 radical (unpaired) electrons. The highest BCUT2D eigenvalue weighted by atomic mass is 16.5. The predicted molar refractivity (Wildman–Crippen MR) is 87.9 cm³/mol. The third-order valence-corrected chi connectivity index (χ3v) is 4.93. The van der Waals surface area contributed by atoms with Crippen molar-refractivity contribution in [2.75, 3.05) is 13.2 Å². The van der Waals surface area contributed by atoms with Crippen molar-refractivity contribution < 1.29 is 18.8 Å². The quantitative estimate of drug-likeness (QED) is 0.845. The molecule has 2 aliphatic heterocycles. The zero-order valence-corrected chi connectivity index (χ0v) is 14.1. The van der Waals surface area contributed by atoms with Crippen molar-refractivity contribution in [2.45, 2.75) is 44.6 Å². The fraction of sp³-hybridized carbons (Fsp3) is 0.500. The second-order valence-electron chi connectivity index (χ2n) is 6.50. The molecule has 4 rings (SSSR count). The fourth-order valence-electron chi connectivity index (χ4n) is 3.63. The van der Waals surface area contributed by atoms with E-state index in [1.165, 1.54) is 6.20 Å². The summed E-state index contributed by atoms with van der Waals surface area (Å²) in [7, 11) is 0. The molecule has 25 heavy (non-hydrogen) atoms. The molecule has 2 saturated heterocycles. The van der Waals surface area contributed by atoms with Gasteiger partial charge >= 0.3 is 0 Å². The number of hydrogen-bond donors (Lipinski definition) is 0. The Morgan fingerprint density at radius 1 is 1.40 bits per heavy atom. The average Bonchev–Trinajstić information content (AvgIpc) is 3.24. The highest BCUT2D eigenvalue weighted by molar-refractivity contribution is 5.95. The molecule has 0 unspecified atom stereocenters. The van der Waals surface area contributed by atoms with E-state index in [-0.39, 0.29) is 24.2 Å².